The van der Waals surface area contributed by atoms with Gasteiger partial charge in [0.2, 0.25) is 10.0 Å². The van der Waals surface area contributed by atoms with Crippen LogP contribution in [-0.4, -0.2) is 38.5 Å². The van der Waals surface area contributed by atoms with Crippen molar-refractivity contribution in [2.45, 2.75) is 50.0 Å². The highest BCUT2D eigenvalue weighted by molar-refractivity contribution is 7.89. The quantitative estimate of drug-likeness (QED) is 0.808. The Kier molecular flexibility index (Phi) is 4.57. The molecule has 1 aromatic rings. The normalized spacial score (nSPS) is 23.3. The monoisotopic (exact) mass is 323 g/mol. The number of nitrogens with zero attached hydrogens (tertiary/aromatic N) is 1. The summed E-state index contributed by atoms with van der Waals surface area (Å²) in [5, 5.41) is 0. The van der Waals surface area contributed by atoms with Crippen LogP contribution >= 0.6 is 0 Å². The Morgan fingerprint density at radius 3 is 2.45 bits per heavy atom. The van der Waals surface area contributed by atoms with Crippen molar-refractivity contribution in [3.8, 4) is 0 Å². The zero-order chi connectivity index (χ0) is 15.7. The van der Waals surface area contributed by atoms with Crippen molar-refractivity contribution in [3.05, 3.63) is 29.8 Å². The second kappa shape index (κ2) is 6.30. The zero-order valence-corrected chi connectivity index (χ0v) is 14.2. The maximum atomic E-state index is 12.7. The van der Waals surface area contributed by atoms with Crippen LogP contribution in [0.1, 0.15) is 44.6 Å². The molecule has 0 bridgehead atoms. The molecule has 5 heteroatoms. The van der Waals surface area contributed by atoms with E-state index in [2.05, 4.69) is 13.8 Å². The molecule has 0 aromatic heterocycles. The van der Waals surface area contributed by atoms with E-state index in [9.17, 15) is 8.42 Å². The van der Waals surface area contributed by atoms with Crippen LogP contribution in [0.15, 0.2) is 29.2 Å². The number of rotatable bonds is 6. The molecule has 1 aliphatic heterocycles. The summed E-state index contributed by atoms with van der Waals surface area (Å²) in [5.74, 6) is 1.12. The standard InChI is InChI=1S/C17H25NO3S/c1-13(2)15-5-7-17(8-6-15)22(19,20)18-10-9-16(11-18)21-12-14-3-4-14/h5-8,13-14,16H,3-4,9-12H2,1-2H3. The highest BCUT2D eigenvalue weighted by atomic mass is 32.2. The lowest BCUT2D eigenvalue weighted by atomic mass is 10.0. The summed E-state index contributed by atoms with van der Waals surface area (Å²) in [5.41, 5.74) is 1.16. The fraction of sp³-hybridized carbons (Fsp3) is 0.647. The predicted molar refractivity (Wildman–Crippen MR) is 86.4 cm³/mol. The maximum absolute atomic E-state index is 12.7. The van der Waals surface area contributed by atoms with E-state index in [4.69, 9.17) is 4.74 Å². The highest BCUT2D eigenvalue weighted by Gasteiger charge is 2.34. The van der Waals surface area contributed by atoms with Gasteiger partial charge in [-0.15, -0.1) is 0 Å². The first-order valence-corrected chi connectivity index (χ1v) is 9.62. The summed E-state index contributed by atoms with van der Waals surface area (Å²) in [6, 6.07) is 7.27. The molecular formula is C17H25NO3S. The molecule has 3 rings (SSSR count). The maximum Gasteiger partial charge on any atom is 0.243 e. The molecule has 2 aliphatic rings. The molecule has 1 atom stereocenters. The van der Waals surface area contributed by atoms with Gasteiger partial charge in [0.05, 0.1) is 11.0 Å². The van der Waals surface area contributed by atoms with Gasteiger partial charge in [0, 0.05) is 19.7 Å². The van der Waals surface area contributed by atoms with Gasteiger partial charge in [-0.2, -0.15) is 4.31 Å². The molecule has 1 saturated carbocycles. The van der Waals surface area contributed by atoms with Crippen LogP contribution < -0.4 is 0 Å². The number of sulfonamides is 1. The van der Waals surface area contributed by atoms with Gasteiger partial charge in [-0.3, -0.25) is 0 Å². The van der Waals surface area contributed by atoms with E-state index in [-0.39, 0.29) is 6.10 Å². The minimum absolute atomic E-state index is 0.0605. The summed E-state index contributed by atoms with van der Waals surface area (Å²) in [6.45, 7) is 6.05. The first kappa shape index (κ1) is 16.0. The Morgan fingerprint density at radius 1 is 1.18 bits per heavy atom. The second-order valence-electron chi connectivity index (χ2n) is 6.77. The molecule has 122 valence electrons. The lowest BCUT2D eigenvalue weighted by Gasteiger charge is -2.17. The fourth-order valence-corrected chi connectivity index (χ4v) is 4.27. The zero-order valence-electron chi connectivity index (χ0n) is 13.4. The fourth-order valence-electron chi connectivity index (χ4n) is 2.78. The van der Waals surface area contributed by atoms with Crippen molar-refractivity contribution in [2.24, 2.45) is 5.92 Å². The van der Waals surface area contributed by atoms with Gasteiger partial charge >= 0.3 is 0 Å². The van der Waals surface area contributed by atoms with E-state index < -0.39 is 10.0 Å². The van der Waals surface area contributed by atoms with Crippen LogP contribution in [0.5, 0.6) is 0 Å². The van der Waals surface area contributed by atoms with Crippen LogP contribution in [0.25, 0.3) is 0 Å². The van der Waals surface area contributed by atoms with Crippen LogP contribution in [0, 0.1) is 5.92 Å². The molecule has 1 saturated heterocycles. The lowest BCUT2D eigenvalue weighted by Crippen LogP contribution is -2.30. The smallest absolute Gasteiger partial charge is 0.243 e. The average molecular weight is 323 g/mol. The largest absolute Gasteiger partial charge is 0.377 e. The van der Waals surface area contributed by atoms with Crippen molar-refractivity contribution in [1.29, 1.82) is 0 Å². The third-order valence-electron chi connectivity index (χ3n) is 4.56. The SMILES string of the molecule is CC(C)c1ccc(S(=O)(=O)N2CCC(OCC3CC3)C2)cc1. The molecule has 0 N–H and O–H groups in total. The Bertz CT molecular complexity index is 605. The molecule has 1 aliphatic carbocycles. The minimum atomic E-state index is -3.38. The molecule has 0 radical (unpaired) electrons. The topological polar surface area (TPSA) is 46.6 Å². The summed E-state index contributed by atoms with van der Waals surface area (Å²) < 4.78 is 32.8. The van der Waals surface area contributed by atoms with Crippen LogP contribution in [0.4, 0.5) is 0 Å². The number of hydrogen-bond donors (Lipinski definition) is 0. The van der Waals surface area contributed by atoms with Crippen LogP contribution in [0.2, 0.25) is 0 Å². The first-order valence-electron chi connectivity index (χ1n) is 8.18. The molecule has 1 heterocycles. The molecule has 22 heavy (non-hydrogen) atoms. The van der Waals surface area contributed by atoms with Gasteiger partial charge in [-0.25, -0.2) is 8.42 Å². The van der Waals surface area contributed by atoms with Gasteiger partial charge in [-0.1, -0.05) is 26.0 Å². The van der Waals surface area contributed by atoms with Gasteiger partial charge in [0.15, 0.2) is 0 Å². The third-order valence-corrected chi connectivity index (χ3v) is 6.44. The molecule has 2 fully saturated rings. The average Bonchev–Trinajstić information content (AvgIpc) is 3.21. The van der Waals surface area contributed by atoms with Crippen molar-refractivity contribution in [2.75, 3.05) is 19.7 Å². The molecule has 4 nitrogen and oxygen atoms in total. The Balaban J connectivity index is 1.64. The molecule has 0 spiro atoms. The van der Waals surface area contributed by atoms with E-state index in [1.54, 1.807) is 16.4 Å². The molecule has 1 aromatic carbocycles. The predicted octanol–water partition coefficient (Wildman–Crippen LogP) is 3.00. The lowest BCUT2D eigenvalue weighted by molar-refractivity contribution is 0.0561. The van der Waals surface area contributed by atoms with E-state index >= 15 is 0 Å². The summed E-state index contributed by atoms with van der Waals surface area (Å²) >= 11 is 0. The molecular weight excluding hydrogens is 298 g/mol. The number of ether oxygens (including phenoxy) is 1. The van der Waals surface area contributed by atoms with E-state index in [0.29, 0.717) is 29.8 Å². The molecule has 1 unspecified atom stereocenters. The number of benzene rings is 1. The van der Waals surface area contributed by atoms with Crippen molar-refractivity contribution in [3.63, 3.8) is 0 Å². The van der Waals surface area contributed by atoms with E-state index in [0.717, 1.165) is 18.6 Å². The number of hydrogen-bond acceptors (Lipinski definition) is 3. The highest BCUT2D eigenvalue weighted by Crippen LogP contribution is 2.30. The van der Waals surface area contributed by atoms with Crippen molar-refractivity contribution in [1.82, 2.24) is 4.31 Å². The van der Waals surface area contributed by atoms with Gasteiger partial charge in [0.1, 0.15) is 0 Å². The third kappa shape index (κ3) is 3.53. The minimum Gasteiger partial charge on any atom is -0.377 e. The van der Waals surface area contributed by atoms with Gasteiger partial charge in [0.25, 0.3) is 0 Å². The Morgan fingerprint density at radius 2 is 1.86 bits per heavy atom. The Labute approximate surface area is 133 Å². The first-order chi connectivity index (χ1) is 10.5. The summed E-state index contributed by atoms with van der Waals surface area (Å²) in [4.78, 5) is 0.389. The van der Waals surface area contributed by atoms with Crippen LogP contribution in [0.3, 0.4) is 0 Å². The second-order valence-corrected chi connectivity index (χ2v) is 8.71. The Hall–Kier alpha value is -0.910. The summed E-state index contributed by atoms with van der Waals surface area (Å²) in [6.07, 6.45) is 3.38. The van der Waals surface area contributed by atoms with E-state index in [1.807, 2.05) is 12.1 Å². The van der Waals surface area contributed by atoms with Crippen molar-refractivity contribution < 1.29 is 13.2 Å². The van der Waals surface area contributed by atoms with Gasteiger partial charge < -0.3 is 4.74 Å². The van der Waals surface area contributed by atoms with Crippen LogP contribution in [-0.2, 0) is 14.8 Å². The van der Waals surface area contributed by atoms with Gasteiger partial charge in [-0.05, 0) is 48.8 Å². The summed E-state index contributed by atoms with van der Waals surface area (Å²) in [7, 11) is -3.38. The molecule has 0 amide bonds. The van der Waals surface area contributed by atoms with Crippen molar-refractivity contribution >= 4 is 10.0 Å². The van der Waals surface area contributed by atoms with E-state index in [1.165, 1.54) is 12.8 Å².